The first-order chi connectivity index (χ1) is 12.4. The maximum atomic E-state index is 13.1. The minimum Gasteiger partial charge on any atom is -0.324 e. The number of hydrogen-bond donors (Lipinski definition) is 0. The average Bonchev–Trinajstić information content (AvgIpc) is 3.27. The molecule has 0 saturated carbocycles. The normalized spacial score (nSPS) is 18.6. The molecule has 9 heteroatoms. The molecule has 0 aliphatic carbocycles. The molecule has 4 rings (SSSR count). The van der Waals surface area contributed by atoms with Gasteiger partial charge in [-0.25, -0.2) is 18.4 Å². The number of benzene rings is 1. The summed E-state index contributed by atoms with van der Waals surface area (Å²) in [4.78, 5) is 21.3. The third-order valence-electron chi connectivity index (χ3n) is 4.84. The molecule has 0 bridgehead atoms. The first kappa shape index (κ1) is 16.9. The molecule has 1 aliphatic rings. The van der Waals surface area contributed by atoms with Crippen molar-refractivity contribution in [2.45, 2.75) is 24.0 Å². The Bertz CT molecular complexity index is 1150. The highest BCUT2D eigenvalue weighted by Gasteiger charge is 2.40. The van der Waals surface area contributed by atoms with Crippen LogP contribution in [0.15, 0.2) is 46.6 Å². The summed E-state index contributed by atoms with van der Waals surface area (Å²) >= 11 is 0. The van der Waals surface area contributed by atoms with Gasteiger partial charge in [-0.1, -0.05) is 12.1 Å². The fourth-order valence-electron chi connectivity index (χ4n) is 3.52. The molecule has 1 aromatic carbocycles. The SMILES string of the molecule is Cn1ccnc1S(=O)(=O)N1CCCC1c1nc2ccccc2c(=O)n1C. The van der Waals surface area contributed by atoms with E-state index in [1.807, 2.05) is 6.07 Å². The van der Waals surface area contributed by atoms with Gasteiger partial charge in [-0.15, -0.1) is 0 Å². The van der Waals surface area contributed by atoms with Crippen molar-refractivity contribution in [2.75, 3.05) is 6.54 Å². The summed E-state index contributed by atoms with van der Waals surface area (Å²) in [6.07, 6.45) is 4.38. The molecule has 1 saturated heterocycles. The van der Waals surface area contributed by atoms with Crippen LogP contribution in [0.2, 0.25) is 0 Å². The van der Waals surface area contributed by atoms with Gasteiger partial charge < -0.3 is 4.57 Å². The van der Waals surface area contributed by atoms with Gasteiger partial charge in [0.2, 0.25) is 5.16 Å². The third-order valence-corrected chi connectivity index (χ3v) is 6.75. The molecule has 3 heterocycles. The standard InChI is InChI=1S/C17H19N5O3S/c1-20-11-9-18-17(20)26(24,25)22-10-5-8-14(22)15-19-13-7-4-3-6-12(13)16(23)21(15)2/h3-4,6-7,9,11,14H,5,8,10H2,1-2H3. The van der Waals surface area contributed by atoms with Crippen LogP contribution in [0.4, 0.5) is 0 Å². The Hall–Kier alpha value is -2.52. The van der Waals surface area contributed by atoms with Crippen molar-refractivity contribution in [3.63, 3.8) is 0 Å². The van der Waals surface area contributed by atoms with E-state index < -0.39 is 16.1 Å². The number of imidazole rings is 1. The van der Waals surface area contributed by atoms with E-state index in [0.717, 1.165) is 0 Å². The highest BCUT2D eigenvalue weighted by Crippen LogP contribution is 2.35. The van der Waals surface area contributed by atoms with E-state index in [1.165, 1.54) is 19.6 Å². The molecule has 1 aliphatic heterocycles. The molecular weight excluding hydrogens is 354 g/mol. The van der Waals surface area contributed by atoms with Crippen molar-refractivity contribution < 1.29 is 8.42 Å². The average molecular weight is 373 g/mol. The minimum absolute atomic E-state index is 0.00445. The Balaban J connectivity index is 1.86. The van der Waals surface area contributed by atoms with E-state index >= 15 is 0 Å². The molecule has 8 nitrogen and oxygen atoms in total. The number of aryl methyl sites for hydroxylation is 1. The van der Waals surface area contributed by atoms with Crippen LogP contribution in [0.5, 0.6) is 0 Å². The topological polar surface area (TPSA) is 90.1 Å². The molecule has 1 unspecified atom stereocenters. The summed E-state index contributed by atoms with van der Waals surface area (Å²) in [6.45, 7) is 0.378. The van der Waals surface area contributed by atoms with Crippen LogP contribution < -0.4 is 5.56 Å². The van der Waals surface area contributed by atoms with E-state index in [-0.39, 0.29) is 10.7 Å². The molecule has 0 amide bonds. The Morgan fingerprint density at radius 2 is 1.96 bits per heavy atom. The van der Waals surface area contributed by atoms with Gasteiger partial charge in [0.25, 0.3) is 15.6 Å². The van der Waals surface area contributed by atoms with Crippen LogP contribution >= 0.6 is 0 Å². The quantitative estimate of drug-likeness (QED) is 0.688. The number of fused-ring (bicyclic) bond motifs is 1. The molecule has 26 heavy (non-hydrogen) atoms. The first-order valence-electron chi connectivity index (χ1n) is 8.36. The molecule has 0 radical (unpaired) electrons. The zero-order valence-corrected chi connectivity index (χ0v) is 15.3. The van der Waals surface area contributed by atoms with Gasteiger partial charge in [0.05, 0.1) is 16.9 Å². The van der Waals surface area contributed by atoms with Crippen molar-refractivity contribution in [3.05, 3.63) is 52.8 Å². The Kier molecular flexibility index (Phi) is 3.92. The van der Waals surface area contributed by atoms with Crippen molar-refractivity contribution in [2.24, 2.45) is 14.1 Å². The maximum absolute atomic E-state index is 13.1. The monoisotopic (exact) mass is 373 g/mol. The van der Waals surface area contributed by atoms with E-state index in [9.17, 15) is 13.2 Å². The van der Waals surface area contributed by atoms with Crippen molar-refractivity contribution in [1.29, 1.82) is 0 Å². The smallest absolute Gasteiger partial charge is 0.277 e. The number of para-hydroxylation sites is 1. The highest BCUT2D eigenvalue weighted by molar-refractivity contribution is 7.89. The highest BCUT2D eigenvalue weighted by atomic mass is 32.2. The van der Waals surface area contributed by atoms with Crippen LogP contribution in [0, 0.1) is 0 Å². The summed E-state index contributed by atoms with van der Waals surface area (Å²) in [5, 5.41) is 0.519. The molecule has 0 N–H and O–H groups in total. The third kappa shape index (κ3) is 2.46. The van der Waals surface area contributed by atoms with Gasteiger partial charge >= 0.3 is 0 Å². The summed E-state index contributed by atoms with van der Waals surface area (Å²) < 4.78 is 30.5. The molecule has 136 valence electrons. The Morgan fingerprint density at radius 1 is 1.19 bits per heavy atom. The maximum Gasteiger partial charge on any atom is 0.277 e. The number of nitrogens with zero attached hydrogens (tertiary/aromatic N) is 5. The first-order valence-corrected chi connectivity index (χ1v) is 9.80. The second-order valence-electron chi connectivity index (χ2n) is 6.45. The van der Waals surface area contributed by atoms with Crippen molar-refractivity contribution >= 4 is 20.9 Å². The summed E-state index contributed by atoms with van der Waals surface area (Å²) in [6, 6.07) is 6.62. The van der Waals surface area contributed by atoms with Crippen LogP contribution in [0.1, 0.15) is 24.7 Å². The van der Waals surface area contributed by atoms with E-state index in [1.54, 1.807) is 38.5 Å². The molecular formula is C17H19N5O3S. The zero-order valence-electron chi connectivity index (χ0n) is 14.5. The van der Waals surface area contributed by atoms with Crippen molar-refractivity contribution in [3.8, 4) is 0 Å². The number of rotatable bonds is 3. The van der Waals surface area contributed by atoms with E-state index in [0.29, 0.717) is 36.1 Å². The molecule has 2 aromatic heterocycles. The lowest BCUT2D eigenvalue weighted by Crippen LogP contribution is -2.35. The van der Waals surface area contributed by atoms with Gasteiger partial charge in [-0.05, 0) is 25.0 Å². The summed E-state index contributed by atoms with van der Waals surface area (Å²) in [5.41, 5.74) is 0.402. The molecule has 1 atom stereocenters. The molecule has 3 aromatic rings. The number of hydrogen-bond acceptors (Lipinski definition) is 5. The van der Waals surface area contributed by atoms with Gasteiger partial charge in [-0.3, -0.25) is 9.36 Å². The lowest BCUT2D eigenvalue weighted by atomic mass is 10.2. The van der Waals surface area contributed by atoms with Crippen LogP contribution in [-0.4, -0.2) is 38.4 Å². The molecule has 1 fully saturated rings. The van der Waals surface area contributed by atoms with Crippen LogP contribution in [0.3, 0.4) is 0 Å². The summed E-state index contributed by atoms with van der Waals surface area (Å²) in [5.74, 6) is 0.462. The lowest BCUT2D eigenvalue weighted by Gasteiger charge is -2.24. The van der Waals surface area contributed by atoms with Crippen molar-refractivity contribution in [1.82, 2.24) is 23.4 Å². The largest absolute Gasteiger partial charge is 0.324 e. The van der Waals surface area contributed by atoms with Gasteiger partial charge in [-0.2, -0.15) is 4.31 Å². The second kappa shape index (κ2) is 6.03. The number of sulfonamides is 1. The lowest BCUT2D eigenvalue weighted by molar-refractivity contribution is 0.369. The van der Waals surface area contributed by atoms with Crippen LogP contribution in [0.25, 0.3) is 10.9 Å². The Morgan fingerprint density at radius 3 is 2.69 bits per heavy atom. The van der Waals surface area contributed by atoms with E-state index in [2.05, 4.69) is 9.97 Å². The van der Waals surface area contributed by atoms with Gasteiger partial charge in [0.15, 0.2) is 0 Å². The van der Waals surface area contributed by atoms with Crippen LogP contribution in [-0.2, 0) is 24.1 Å². The fraction of sp³-hybridized carbons (Fsp3) is 0.353. The Labute approximate surface area is 150 Å². The second-order valence-corrected chi connectivity index (χ2v) is 8.23. The summed E-state index contributed by atoms with van der Waals surface area (Å²) in [7, 11) is -0.489. The predicted molar refractivity (Wildman–Crippen MR) is 96.1 cm³/mol. The predicted octanol–water partition coefficient (Wildman–Crippen LogP) is 1.19. The fourth-order valence-corrected chi connectivity index (χ4v) is 5.26. The van der Waals surface area contributed by atoms with E-state index in [4.69, 9.17) is 0 Å². The zero-order chi connectivity index (χ0) is 18.5. The van der Waals surface area contributed by atoms with Gasteiger partial charge in [0, 0.05) is 33.0 Å². The molecule has 0 spiro atoms. The minimum atomic E-state index is -3.78. The van der Waals surface area contributed by atoms with Gasteiger partial charge in [0.1, 0.15) is 5.82 Å². The number of aromatic nitrogens is 4.